The smallest absolute Gasteiger partial charge is 0.341 e. The van der Waals surface area contributed by atoms with Crippen LogP contribution in [0, 0.1) is 4.91 Å². The minimum atomic E-state index is -1.18. The van der Waals surface area contributed by atoms with E-state index in [1.54, 1.807) is 0 Å². The Kier molecular flexibility index (Phi) is 4.76. The van der Waals surface area contributed by atoms with Crippen LogP contribution in [0.15, 0.2) is 29.6 Å². The molecule has 2 amide bonds. The van der Waals surface area contributed by atoms with E-state index in [0.29, 0.717) is 0 Å². The maximum Gasteiger partial charge on any atom is 0.341 e. The number of amides is 2. The number of benzene rings is 1. The number of thiazole rings is 1. The molecular weight excluding hydrogens is 324 g/mol. The number of aromatic carboxylic acids is 1. The summed E-state index contributed by atoms with van der Waals surface area (Å²) < 4.78 is 0. The molecule has 0 aliphatic rings. The molecule has 0 saturated carbocycles. The number of aromatic amines is 1. The van der Waals surface area contributed by atoms with E-state index in [2.05, 4.69) is 20.8 Å². The average molecular weight is 335 g/mol. The Hall–Kier alpha value is -3.14. The number of carboxylic acid groups (broad SMARTS) is 1. The van der Waals surface area contributed by atoms with Gasteiger partial charge in [-0.15, -0.1) is 4.91 Å². The van der Waals surface area contributed by atoms with Gasteiger partial charge in [0.1, 0.15) is 6.20 Å². The molecule has 1 aromatic heterocycles. The summed E-state index contributed by atoms with van der Waals surface area (Å²) in [7, 11) is 0. The molecular formula is C13H11N4O5S+. The highest BCUT2D eigenvalue weighted by Gasteiger charge is 2.21. The summed E-state index contributed by atoms with van der Waals surface area (Å²) in [6.45, 7) is 1.24. The first-order chi connectivity index (χ1) is 10.9. The van der Waals surface area contributed by atoms with Gasteiger partial charge in [-0.25, -0.2) is 14.6 Å². The number of nitrogens with zero attached hydrogens (tertiary/aromatic N) is 1. The Morgan fingerprint density at radius 2 is 2.00 bits per heavy atom. The van der Waals surface area contributed by atoms with Crippen LogP contribution in [0.2, 0.25) is 0 Å². The third kappa shape index (κ3) is 3.95. The number of rotatable bonds is 5. The quantitative estimate of drug-likeness (QED) is 0.716. The Morgan fingerprint density at radius 3 is 2.57 bits per heavy atom. The van der Waals surface area contributed by atoms with Crippen molar-refractivity contribution in [2.24, 2.45) is 5.18 Å². The van der Waals surface area contributed by atoms with Gasteiger partial charge in [0, 0.05) is 6.92 Å². The third-order valence-electron chi connectivity index (χ3n) is 2.67. The molecule has 2 aromatic rings. The Labute approximate surface area is 133 Å². The van der Waals surface area contributed by atoms with Gasteiger partial charge in [-0.3, -0.25) is 4.79 Å². The van der Waals surface area contributed by atoms with Gasteiger partial charge < -0.3 is 10.4 Å². The number of hydrogen-bond acceptors (Lipinski definition) is 6. The van der Waals surface area contributed by atoms with Crippen LogP contribution in [0.3, 0.4) is 0 Å². The van der Waals surface area contributed by atoms with Crippen molar-refractivity contribution in [3.05, 3.63) is 40.4 Å². The zero-order chi connectivity index (χ0) is 17.0. The predicted molar refractivity (Wildman–Crippen MR) is 82.0 cm³/mol. The van der Waals surface area contributed by atoms with E-state index in [-0.39, 0.29) is 26.9 Å². The number of H-pyrrole nitrogens is 1. The van der Waals surface area contributed by atoms with Gasteiger partial charge >= 0.3 is 17.0 Å². The minimum Gasteiger partial charge on any atom is -0.478 e. The second kappa shape index (κ2) is 6.75. The highest BCUT2D eigenvalue weighted by molar-refractivity contribution is 7.18. The third-order valence-corrected chi connectivity index (χ3v) is 3.50. The van der Waals surface area contributed by atoms with Crippen LogP contribution in [-0.2, 0) is 4.79 Å². The summed E-state index contributed by atoms with van der Waals surface area (Å²) in [4.78, 5) is 47.5. The molecule has 0 radical (unpaired) electrons. The average Bonchev–Trinajstić information content (AvgIpc) is 2.94. The lowest BCUT2D eigenvalue weighted by atomic mass is 10.1. The molecule has 4 N–H and O–H groups in total. The molecule has 0 aliphatic carbocycles. The molecule has 0 unspecified atom stereocenters. The molecule has 2 rings (SSSR count). The monoisotopic (exact) mass is 335 g/mol. The lowest BCUT2D eigenvalue weighted by Gasteiger charge is -2.08. The zero-order valence-electron chi connectivity index (χ0n) is 11.7. The van der Waals surface area contributed by atoms with Crippen LogP contribution >= 0.6 is 11.3 Å². The first-order valence-corrected chi connectivity index (χ1v) is 7.03. The second-order valence-electron chi connectivity index (χ2n) is 4.35. The summed E-state index contributed by atoms with van der Waals surface area (Å²) >= 11 is 0.936. The summed E-state index contributed by atoms with van der Waals surface area (Å²) in [6, 6.07) is 3.73. The number of carbonyl (C=O) groups excluding carboxylic acids is 2. The van der Waals surface area contributed by atoms with Crippen molar-refractivity contribution < 1.29 is 24.5 Å². The largest absolute Gasteiger partial charge is 0.478 e. The summed E-state index contributed by atoms with van der Waals surface area (Å²) in [6.07, 6.45) is 1.33. The topological polar surface area (TPSA) is 139 Å². The maximum atomic E-state index is 12.3. The fourth-order valence-corrected chi connectivity index (χ4v) is 2.36. The van der Waals surface area contributed by atoms with Gasteiger partial charge in [0.25, 0.3) is 0 Å². The van der Waals surface area contributed by atoms with Crippen molar-refractivity contribution in [3.63, 3.8) is 0 Å². The molecule has 1 aromatic carbocycles. The Balaban J connectivity index is 2.32. The molecule has 23 heavy (non-hydrogen) atoms. The van der Waals surface area contributed by atoms with E-state index in [4.69, 9.17) is 5.11 Å². The highest BCUT2D eigenvalue weighted by Crippen LogP contribution is 2.24. The van der Waals surface area contributed by atoms with Gasteiger partial charge in [0.2, 0.25) is 10.9 Å². The molecule has 0 bridgehead atoms. The SMILES string of the molecule is CC(=O)Nc1cc(C(=O)O)ccc1C(=O)Nc1[nH+]cc(N=O)s1. The van der Waals surface area contributed by atoms with Crippen molar-refractivity contribution >= 4 is 44.9 Å². The van der Waals surface area contributed by atoms with Gasteiger partial charge in [-0.1, -0.05) is 0 Å². The van der Waals surface area contributed by atoms with Crippen molar-refractivity contribution in [2.45, 2.75) is 6.92 Å². The summed E-state index contributed by atoms with van der Waals surface area (Å²) in [5, 5.41) is 17.1. The van der Waals surface area contributed by atoms with Crippen LogP contribution in [0.4, 0.5) is 15.8 Å². The minimum absolute atomic E-state index is 0.0690. The number of carboxylic acids is 1. The van der Waals surface area contributed by atoms with Crippen molar-refractivity contribution in [3.8, 4) is 0 Å². The molecule has 1 heterocycles. The van der Waals surface area contributed by atoms with Crippen molar-refractivity contribution in [1.29, 1.82) is 0 Å². The van der Waals surface area contributed by atoms with Crippen LogP contribution < -0.4 is 15.6 Å². The lowest BCUT2D eigenvalue weighted by molar-refractivity contribution is -0.353. The van der Waals surface area contributed by atoms with Gasteiger partial charge in [0.05, 0.1) is 16.8 Å². The molecule has 0 aliphatic heterocycles. The predicted octanol–water partition coefficient (Wildman–Crippen LogP) is 1.87. The van der Waals surface area contributed by atoms with Gasteiger partial charge in [-0.2, -0.15) is 5.32 Å². The fourth-order valence-electron chi connectivity index (χ4n) is 1.74. The number of hydrogen-bond donors (Lipinski definition) is 3. The highest BCUT2D eigenvalue weighted by atomic mass is 32.1. The van der Waals surface area contributed by atoms with Crippen molar-refractivity contribution in [2.75, 3.05) is 10.6 Å². The van der Waals surface area contributed by atoms with E-state index < -0.39 is 17.8 Å². The van der Waals surface area contributed by atoms with Crippen molar-refractivity contribution in [1.82, 2.24) is 0 Å². The van der Waals surface area contributed by atoms with E-state index in [9.17, 15) is 19.3 Å². The standard InChI is InChI=1S/C13H10N4O5S/c1-6(18)15-9-4-7(12(20)21)2-3-8(9)11(19)16-13-14-5-10(17-22)23-13/h2-5H,1H3,(H,15,18)(H,20,21)(H,14,16,19)/p+1. The Morgan fingerprint density at radius 1 is 1.26 bits per heavy atom. The molecule has 10 heteroatoms. The van der Waals surface area contributed by atoms with Gasteiger partial charge in [-0.05, 0) is 34.7 Å². The van der Waals surface area contributed by atoms with Crippen LogP contribution in [0.25, 0.3) is 0 Å². The van der Waals surface area contributed by atoms with E-state index in [1.807, 2.05) is 0 Å². The van der Waals surface area contributed by atoms with E-state index in [1.165, 1.54) is 31.3 Å². The zero-order valence-corrected chi connectivity index (χ0v) is 12.6. The molecule has 0 spiro atoms. The number of nitrogens with one attached hydrogen (secondary N) is 3. The van der Waals surface area contributed by atoms with Gasteiger partial charge in [0.15, 0.2) is 0 Å². The number of anilines is 2. The normalized spacial score (nSPS) is 9.96. The summed E-state index contributed by atoms with van der Waals surface area (Å²) in [5.41, 5.74) is 0.0771. The Bertz CT molecular complexity index is 801. The molecule has 118 valence electrons. The first kappa shape index (κ1) is 16.2. The number of carbonyl (C=O) groups is 3. The molecule has 9 nitrogen and oxygen atoms in total. The number of nitroso groups, excluding NO2 is 1. The first-order valence-electron chi connectivity index (χ1n) is 6.22. The molecule has 0 fully saturated rings. The van der Waals surface area contributed by atoms with Crippen LogP contribution in [-0.4, -0.2) is 22.9 Å². The second-order valence-corrected chi connectivity index (χ2v) is 5.38. The van der Waals surface area contributed by atoms with E-state index in [0.717, 1.165) is 11.3 Å². The molecule has 0 atom stereocenters. The van der Waals surface area contributed by atoms with Crippen LogP contribution in [0.1, 0.15) is 27.6 Å². The summed E-state index contributed by atoms with van der Waals surface area (Å²) in [5.74, 6) is -2.21. The van der Waals surface area contributed by atoms with E-state index >= 15 is 0 Å². The molecule has 0 saturated heterocycles. The fraction of sp³-hybridized carbons (Fsp3) is 0.0769. The lowest BCUT2D eigenvalue weighted by Crippen LogP contribution is -2.19. The van der Waals surface area contributed by atoms with Crippen LogP contribution in [0.5, 0.6) is 0 Å². The number of aromatic nitrogens is 1. The maximum absolute atomic E-state index is 12.3.